The molecule has 5 nitrogen and oxygen atoms in total. The van der Waals surface area contributed by atoms with Gasteiger partial charge in [-0.2, -0.15) is 0 Å². The monoisotopic (exact) mass is 372 g/mol. The Kier molecular flexibility index (Phi) is 5.05. The molecule has 2 aromatic heterocycles. The fourth-order valence-electron chi connectivity index (χ4n) is 3.37. The molecule has 2 heterocycles. The van der Waals surface area contributed by atoms with E-state index in [4.69, 9.17) is 10.2 Å². The minimum Gasteiger partial charge on any atom is -0.465 e. The summed E-state index contributed by atoms with van der Waals surface area (Å²) in [6.07, 6.45) is 7.29. The van der Waals surface area contributed by atoms with Crippen LogP contribution >= 0.6 is 11.3 Å². The number of fused-ring (bicyclic) bond motifs is 1. The molecular formula is C20H24N2O3S. The number of hydrogen-bond acceptors (Lipinski definition) is 4. The van der Waals surface area contributed by atoms with Crippen LogP contribution in [-0.4, -0.2) is 11.8 Å². The highest BCUT2D eigenvalue weighted by atomic mass is 32.1. The van der Waals surface area contributed by atoms with Gasteiger partial charge in [0.1, 0.15) is 10.8 Å². The van der Waals surface area contributed by atoms with Gasteiger partial charge in [-0.05, 0) is 54.4 Å². The third-order valence-electron chi connectivity index (χ3n) is 4.92. The lowest BCUT2D eigenvalue weighted by Gasteiger charge is -2.33. The number of hydrogen-bond donors (Lipinski definition) is 2. The minimum absolute atomic E-state index is 0.212. The van der Waals surface area contributed by atoms with Crippen molar-refractivity contribution in [3.8, 4) is 0 Å². The van der Waals surface area contributed by atoms with E-state index in [2.05, 4.69) is 26.1 Å². The van der Waals surface area contributed by atoms with Gasteiger partial charge in [0.2, 0.25) is 5.91 Å². The fraction of sp³-hybridized carbons (Fsp3) is 0.400. The van der Waals surface area contributed by atoms with Gasteiger partial charge >= 0.3 is 0 Å². The van der Waals surface area contributed by atoms with Gasteiger partial charge in [0.15, 0.2) is 0 Å². The fourth-order valence-corrected chi connectivity index (χ4v) is 4.71. The molecule has 1 aliphatic carbocycles. The molecule has 26 heavy (non-hydrogen) atoms. The van der Waals surface area contributed by atoms with E-state index in [-0.39, 0.29) is 11.3 Å². The van der Waals surface area contributed by atoms with Gasteiger partial charge in [-0.1, -0.05) is 20.8 Å². The Bertz CT molecular complexity index is 841. The molecule has 0 fully saturated rings. The van der Waals surface area contributed by atoms with Crippen molar-refractivity contribution in [2.45, 2.75) is 40.0 Å². The van der Waals surface area contributed by atoms with Crippen LogP contribution in [0, 0.1) is 11.3 Å². The smallest absolute Gasteiger partial charge is 0.251 e. The average molecular weight is 372 g/mol. The number of nitrogens with one attached hydrogen (secondary N) is 1. The maximum atomic E-state index is 12.2. The highest BCUT2D eigenvalue weighted by Crippen LogP contribution is 2.44. The van der Waals surface area contributed by atoms with Gasteiger partial charge in [-0.3, -0.25) is 9.59 Å². The summed E-state index contributed by atoms with van der Waals surface area (Å²) in [7, 11) is 0. The zero-order chi connectivity index (χ0) is 18.9. The quantitative estimate of drug-likeness (QED) is 0.787. The van der Waals surface area contributed by atoms with Gasteiger partial charge in [-0.15, -0.1) is 11.3 Å². The summed E-state index contributed by atoms with van der Waals surface area (Å²) in [5, 5.41) is 3.36. The summed E-state index contributed by atoms with van der Waals surface area (Å²) in [6.45, 7) is 6.73. The lowest BCUT2D eigenvalue weighted by molar-refractivity contribution is -0.111. The molecule has 0 saturated heterocycles. The van der Waals surface area contributed by atoms with Crippen LogP contribution in [0.1, 0.15) is 53.8 Å². The molecular weight excluding hydrogens is 348 g/mol. The molecule has 2 amide bonds. The van der Waals surface area contributed by atoms with Crippen LogP contribution in [-0.2, 0) is 17.6 Å². The van der Waals surface area contributed by atoms with Crippen molar-refractivity contribution in [3.05, 3.63) is 46.2 Å². The van der Waals surface area contributed by atoms with Crippen LogP contribution in [0.15, 0.2) is 28.9 Å². The topological polar surface area (TPSA) is 85.3 Å². The van der Waals surface area contributed by atoms with Gasteiger partial charge in [0, 0.05) is 11.0 Å². The molecule has 0 spiro atoms. The second kappa shape index (κ2) is 7.11. The van der Waals surface area contributed by atoms with Gasteiger partial charge in [-0.25, -0.2) is 0 Å². The summed E-state index contributed by atoms with van der Waals surface area (Å²) < 4.78 is 5.17. The molecule has 0 unspecified atom stereocenters. The third kappa shape index (κ3) is 3.90. The predicted molar refractivity (Wildman–Crippen MR) is 104 cm³/mol. The highest BCUT2D eigenvalue weighted by molar-refractivity contribution is 7.17. The molecule has 1 atom stereocenters. The first-order valence-electron chi connectivity index (χ1n) is 8.72. The predicted octanol–water partition coefficient (Wildman–Crippen LogP) is 4.24. The molecule has 0 radical (unpaired) electrons. The summed E-state index contributed by atoms with van der Waals surface area (Å²) in [5.74, 6) is 0.349. The Morgan fingerprint density at radius 2 is 2.15 bits per heavy atom. The molecule has 1 aliphatic rings. The Balaban J connectivity index is 1.83. The molecule has 0 aromatic carbocycles. The maximum Gasteiger partial charge on any atom is 0.251 e. The molecule has 3 rings (SSSR count). The summed E-state index contributed by atoms with van der Waals surface area (Å²) in [4.78, 5) is 25.4. The number of thiophene rings is 1. The van der Waals surface area contributed by atoms with Crippen LogP contribution in [0.4, 0.5) is 5.00 Å². The molecule has 2 aromatic rings. The van der Waals surface area contributed by atoms with Crippen molar-refractivity contribution in [1.82, 2.24) is 0 Å². The van der Waals surface area contributed by atoms with Gasteiger partial charge < -0.3 is 15.5 Å². The minimum atomic E-state index is -0.484. The van der Waals surface area contributed by atoms with Crippen molar-refractivity contribution < 1.29 is 14.0 Å². The van der Waals surface area contributed by atoms with Crippen LogP contribution in [0.5, 0.6) is 0 Å². The molecule has 0 saturated carbocycles. The van der Waals surface area contributed by atoms with E-state index in [0.29, 0.717) is 22.2 Å². The molecule has 138 valence electrons. The van der Waals surface area contributed by atoms with Crippen molar-refractivity contribution in [2.75, 3.05) is 5.32 Å². The number of nitrogens with two attached hydrogens (primary N) is 1. The number of carbonyl (C=O) groups is 2. The second-order valence-corrected chi connectivity index (χ2v) is 8.82. The molecule has 0 aliphatic heterocycles. The maximum absolute atomic E-state index is 12.2. The third-order valence-corrected chi connectivity index (χ3v) is 6.09. The van der Waals surface area contributed by atoms with E-state index in [1.807, 2.05) is 0 Å². The summed E-state index contributed by atoms with van der Waals surface area (Å²) >= 11 is 1.47. The van der Waals surface area contributed by atoms with E-state index in [0.717, 1.165) is 29.7 Å². The van der Waals surface area contributed by atoms with Crippen LogP contribution in [0.2, 0.25) is 0 Å². The first kappa shape index (κ1) is 18.5. The number of amides is 2. The van der Waals surface area contributed by atoms with E-state index in [1.165, 1.54) is 17.4 Å². The van der Waals surface area contributed by atoms with Crippen LogP contribution in [0.3, 0.4) is 0 Å². The van der Waals surface area contributed by atoms with Crippen LogP contribution < -0.4 is 11.1 Å². The lowest BCUT2D eigenvalue weighted by atomic mass is 9.72. The van der Waals surface area contributed by atoms with E-state index < -0.39 is 5.91 Å². The molecule has 0 bridgehead atoms. The SMILES string of the molecule is CC(C)(C)[C@H]1CCc2c(sc(NC(=O)/C=C/c3ccco3)c2C(N)=O)C1. The zero-order valence-corrected chi connectivity index (χ0v) is 16.1. The standard InChI is InChI=1S/C20H24N2O3S/c1-20(2,3)12-6-8-14-15(11-12)26-19(17(14)18(21)24)22-16(23)9-7-13-5-4-10-25-13/h4-5,7,9-10,12H,6,8,11H2,1-3H3,(H2,21,24)(H,22,23)/b9-7+/t12-/m0/s1. The van der Waals surface area contributed by atoms with Crippen molar-refractivity contribution in [3.63, 3.8) is 0 Å². The van der Waals surface area contributed by atoms with Crippen molar-refractivity contribution >= 4 is 34.2 Å². The highest BCUT2D eigenvalue weighted by Gasteiger charge is 2.33. The van der Waals surface area contributed by atoms with Gasteiger partial charge in [0.25, 0.3) is 5.91 Å². The Morgan fingerprint density at radius 3 is 2.77 bits per heavy atom. The van der Waals surface area contributed by atoms with Crippen molar-refractivity contribution in [2.24, 2.45) is 17.1 Å². The number of furan rings is 1. The van der Waals surface area contributed by atoms with E-state index in [9.17, 15) is 9.59 Å². The number of carbonyl (C=O) groups excluding carboxylic acids is 2. The lowest BCUT2D eigenvalue weighted by Crippen LogP contribution is -2.27. The Labute approximate surface area is 157 Å². The largest absolute Gasteiger partial charge is 0.465 e. The zero-order valence-electron chi connectivity index (χ0n) is 15.3. The van der Waals surface area contributed by atoms with E-state index >= 15 is 0 Å². The first-order valence-corrected chi connectivity index (χ1v) is 9.54. The summed E-state index contributed by atoms with van der Waals surface area (Å²) in [5.41, 5.74) is 7.30. The molecule has 3 N–H and O–H groups in total. The van der Waals surface area contributed by atoms with Gasteiger partial charge in [0.05, 0.1) is 11.8 Å². The first-order chi connectivity index (χ1) is 12.3. The molecule has 6 heteroatoms. The van der Waals surface area contributed by atoms with Crippen molar-refractivity contribution in [1.29, 1.82) is 0 Å². The number of anilines is 1. The second-order valence-electron chi connectivity index (χ2n) is 7.72. The number of primary amides is 1. The Morgan fingerprint density at radius 1 is 1.38 bits per heavy atom. The Hall–Kier alpha value is -2.34. The average Bonchev–Trinajstić information content (AvgIpc) is 3.18. The summed E-state index contributed by atoms with van der Waals surface area (Å²) in [6, 6.07) is 3.51. The van der Waals surface area contributed by atoms with Crippen LogP contribution in [0.25, 0.3) is 6.08 Å². The normalized spacial score (nSPS) is 17.3. The van der Waals surface area contributed by atoms with E-state index in [1.54, 1.807) is 24.5 Å². The number of rotatable bonds is 4.